The number of nitrogens with one attached hydrogen (secondary N) is 2. The lowest BCUT2D eigenvalue weighted by atomic mass is 10.1. The highest BCUT2D eigenvalue weighted by Gasteiger charge is 2.15. The van der Waals surface area contributed by atoms with E-state index in [0.717, 1.165) is 6.42 Å². The van der Waals surface area contributed by atoms with Crippen molar-refractivity contribution in [1.29, 1.82) is 0 Å². The molecule has 0 radical (unpaired) electrons. The third-order valence-electron chi connectivity index (χ3n) is 4.12. The highest BCUT2D eigenvalue weighted by molar-refractivity contribution is 7.99. The van der Waals surface area contributed by atoms with Crippen LogP contribution in [0.1, 0.15) is 26.0 Å². The first-order valence-corrected chi connectivity index (χ1v) is 10.4. The molecule has 0 aliphatic carbocycles. The zero-order chi connectivity index (χ0) is 21.2. The van der Waals surface area contributed by atoms with E-state index in [1.54, 1.807) is 35.9 Å². The van der Waals surface area contributed by atoms with Crippen molar-refractivity contribution in [3.05, 3.63) is 36.2 Å². The average molecular weight is 421 g/mol. The van der Waals surface area contributed by atoms with Gasteiger partial charge in [-0.25, -0.2) is 4.98 Å². The Kier molecular flexibility index (Phi) is 9.01. The van der Waals surface area contributed by atoms with E-state index in [-0.39, 0.29) is 30.7 Å². The van der Waals surface area contributed by atoms with Crippen molar-refractivity contribution in [2.45, 2.75) is 38.6 Å². The number of aliphatic hydroxyl groups is 1. The number of amides is 2. The zero-order valence-electron chi connectivity index (χ0n) is 17.0. The SMILES string of the molecule is COc1ccc(NC(=O)CSc2ncc(CO)n2CC(=O)NCCC(C)C)cc1. The van der Waals surface area contributed by atoms with Crippen LogP contribution in [0, 0.1) is 5.92 Å². The standard InChI is InChI=1S/C20H28N4O4S/c1-14(2)8-9-21-18(26)11-24-16(12-25)10-22-20(24)29-13-19(27)23-15-4-6-17(28-3)7-5-15/h4-7,10,14,25H,8-9,11-13H2,1-3H3,(H,21,26)(H,23,27). The second kappa shape index (κ2) is 11.5. The molecule has 158 valence electrons. The van der Waals surface area contributed by atoms with Crippen LogP contribution in [0.2, 0.25) is 0 Å². The number of hydrogen-bond acceptors (Lipinski definition) is 6. The fourth-order valence-corrected chi connectivity index (χ4v) is 3.30. The van der Waals surface area contributed by atoms with Crippen molar-refractivity contribution in [3.63, 3.8) is 0 Å². The van der Waals surface area contributed by atoms with Gasteiger partial charge in [-0.1, -0.05) is 25.6 Å². The third-order valence-corrected chi connectivity index (χ3v) is 5.11. The molecule has 1 aromatic heterocycles. The molecular weight excluding hydrogens is 392 g/mol. The van der Waals surface area contributed by atoms with Gasteiger partial charge in [-0.2, -0.15) is 0 Å². The van der Waals surface area contributed by atoms with Crippen LogP contribution in [0.3, 0.4) is 0 Å². The lowest BCUT2D eigenvalue weighted by Crippen LogP contribution is -2.30. The Balaban J connectivity index is 1.91. The summed E-state index contributed by atoms with van der Waals surface area (Å²) in [6, 6.07) is 7.04. The van der Waals surface area contributed by atoms with Gasteiger partial charge in [-0.3, -0.25) is 9.59 Å². The molecule has 0 saturated carbocycles. The highest BCUT2D eigenvalue weighted by Crippen LogP contribution is 2.20. The molecule has 2 amide bonds. The highest BCUT2D eigenvalue weighted by atomic mass is 32.2. The number of aliphatic hydroxyl groups excluding tert-OH is 1. The van der Waals surface area contributed by atoms with Gasteiger partial charge in [0.25, 0.3) is 0 Å². The average Bonchev–Trinajstić information content (AvgIpc) is 3.08. The fraction of sp³-hybridized carbons (Fsp3) is 0.450. The number of carbonyl (C=O) groups excluding carboxylic acids is 2. The van der Waals surface area contributed by atoms with Crippen molar-refractivity contribution >= 4 is 29.3 Å². The Labute approximate surface area is 175 Å². The van der Waals surface area contributed by atoms with Crippen LogP contribution in [0.15, 0.2) is 35.6 Å². The molecule has 0 bridgehead atoms. The molecule has 1 aromatic carbocycles. The number of aromatic nitrogens is 2. The van der Waals surface area contributed by atoms with Crippen LogP contribution >= 0.6 is 11.8 Å². The normalized spacial score (nSPS) is 10.8. The number of benzene rings is 1. The van der Waals surface area contributed by atoms with Crippen LogP contribution in [-0.2, 0) is 22.7 Å². The number of rotatable bonds is 11. The Morgan fingerprint density at radius 2 is 1.97 bits per heavy atom. The lowest BCUT2D eigenvalue weighted by Gasteiger charge is -2.12. The zero-order valence-corrected chi connectivity index (χ0v) is 17.8. The number of thioether (sulfide) groups is 1. The Hall–Kier alpha value is -2.52. The van der Waals surface area contributed by atoms with Crippen molar-refractivity contribution < 1.29 is 19.4 Å². The quantitative estimate of drug-likeness (QED) is 0.482. The van der Waals surface area contributed by atoms with Gasteiger partial charge in [0.05, 0.1) is 31.4 Å². The minimum absolute atomic E-state index is 0.0520. The predicted molar refractivity (Wildman–Crippen MR) is 113 cm³/mol. The summed E-state index contributed by atoms with van der Waals surface area (Å²) in [4.78, 5) is 28.7. The van der Waals surface area contributed by atoms with Crippen LogP contribution in [0.5, 0.6) is 5.75 Å². The molecule has 1 heterocycles. The molecule has 0 atom stereocenters. The van der Waals surface area contributed by atoms with Crippen LogP contribution < -0.4 is 15.4 Å². The predicted octanol–water partition coefficient (Wildman–Crippen LogP) is 2.28. The second-order valence-electron chi connectivity index (χ2n) is 6.87. The molecule has 0 spiro atoms. The van der Waals surface area contributed by atoms with Crippen molar-refractivity contribution in [1.82, 2.24) is 14.9 Å². The Bertz CT molecular complexity index is 805. The van der Waals surface area contributed by atoms with Crippen molar-refractivity contribution in [3.8, 4) is 5.75 Å². The second-order valence-corrected chi connectivity index (χ2v) is 7.82. The smallest absolute Gasteiger partial charge is 0.240 e. The molecule has 9 heteroatoms. The molecule has 2 rings (SSSR count). The maximum Gasteiger partial charge on any atom is 0.240 e. The van der Waals surface area contributed by atoms with E-state index in [1.807, 2.05) is 0 Å². The maximum atomic E-state index is 12.2. The van der Waals surface area contributed by atoms with Crippen LogP contribution in [0.4, 0.5) is 5.69 Å². The maximum absolute atomic E-state index is 12.2. The topological polar surface area (TPSA) is 105 Å². The molecule has 29 heavy (non-hydrogen) atoms. The lowest BCUT2D eigenvalue weighted by molar-refractivity contribution is -0.121. The van der Waals surface area contributed by atoms with E-state index < -0.39 is 0 Å². The number of carbonyl (C=O) groups is 2. The van der Waals surface area contributed by atoms with Gasteiger partial charge in [0.2, 0.25) is 11.8 Å². The van der Waals surface area contributed by atoms with Gasteiger partial charge in [0.15, 0.2) is 5.16 Å². The van der Waals surface area contributed by atoms with Crippen molar-refractivity contribution in [2.24, 2.45) is 5.92 Å². The van der Waals surface area contributed by atoms with Gasteiger partial charge in [-0.05, 0) is 36.6 Å². The summed E-state index contributed by atoms with van der Waals surface area (Å²) >= 11 is 1.21. The third kappa shape index (κ3) is 7.43. The number of methoxy groups -OCH3 is 1. The summed E-state index contributed by atoms with van der Waals surface area (Å²) in [6.07, 6.45) is 2.42. The summed E-state index contributed by atoms with van der Waals surface area (Å²) in [7, 11) is 1.58. The summed E-state index contributed by atoms with van der Waals surface area (Å²) in [5.41, 5.74) is 1.20. The van der Waals surface area contributed by atoms with Gasteiger partial charge in [0, 0.05) is 12.2 Å². The molecule has 0 aliphatic rings. The molecule has 0 aliphatic heterocycles. The van der Waals surface area contributed by atoms with Gasteiger partial charge in [-0.15, -0.1) is 0 Å². The van der Waals surface area contributed by atoms with E-state index in [0.29, 0.717) is 34.7 Å². The van der Waals surface area contributed by atoms with Gasteiger partial charge in [0.1, 0.15) is 12.3 Å². The molecule has 0 saturated heterocycles. The van der Waals surface area contributed by atoms with Crippen LogP contribution in [-0.4, -0.2) is 45.9 Å². The van der Waals surface area contributed by atoms with E-state index in [1.165, 1.54) is 18.0 Å². The summed E-state index contributed by atoms with van der Waals surface area (Å²) in [6.45, 7) is 4.61. The Morgan fingerprint density at radius 1 is 1.24 bits per heavy atom. The molecular formula is C20H28N4O4S. The van der Waals surface area contributed by atoms with Gasteiger partial charge >= 0.3 is 0 Å². The minimum atomic E-state index is -0.231. The first kappa shape index (κ1) is 22.8. The number of anilines is 1. The number of ether oxygens (including phenoxy) is 1. The molecule has 0 unspecified atom stereocenters. The molecule has 8 nitrogen and oxygen atoms in total. The number of imidazole rings is 1. The molecule has 3 N–H and O–H groups in total. The van der Waals surface area contributed by atoms with Crippen LogP contribution in [0.25, 0.3) is 0 Å². The van der Waals surface area contributed by atoms with E-state index >= 15 is 0 Å². The molecule has 2 aromatic rings. The van der Waals surface area contributed by atoms with Gasteiger partial charge < -0.3 is 25.0 Å². The largest absolute Gasteiger partial charge is 0.497 e. The Morgan fingerprint density at radius 3 is 2.59 bits per heavy atom. The fourth-order valence-electron chi connectivity index (χ4n) is 2.50. The van der Waals surface area contributed by atoms with E-state index in [4.69, 9.17) is 4.74 Å². The summed E-state index contributed by atoms with van der Waals surface area (Å²) < 4.78 is 6.73. The first-order chi connectivity index (χ1) is 13.9. The molecule has 0 fully saturated rings. The minimum Gasteiger partial charge on any atom is -0.497 e. The summed E-state index contributed by atoms with van der Waals surface area (Å²) in [5, 5.41) is 15.7. The van der Waals surface area contributed by atoms with Crippen molar-refractivity contribution in [2.75, 3.05) is 24.7 Å². The monoisotopic (exact) mass is 420 g/mol. The number of hydrogen-bond donors (Lipinski definition) is 3. The summed E-state index contributed by atoms with van der Waals surface area (Å²) in [5.74, 6) is 1.00. The van der Waals surface area contributed by atoms with E-state index in [9.17, 15) is 14.7 Å². The number of nitrogens with zero attached hydrogens (tertiary/aromatic N) is 2. The van der Waals surface area contributed by atoms with E-state index in [2.05, 4.69) is 29.5 Å². The first-order valence-electron chi connectivity index (χ1n) is 9.41.